The van der Waals surface area contributed by atoms with Crippen LogP contribution < -0.4 is 14.4 Å². The Hall–Kier alpha value is -1.76. The average molecular weight is 371 g/mol. The fraction of sp³-hybridized carbons (Fsp3) is 0.611. The zero-order valence-corrected chi connectivity index (χ0v) is 16.9. The molecule has 1 N–H and O–H groups in total. The van der Waals surface area contributed by atoms with E-state index in [1.54, 1.807) is 31.2 Å². The van der Waals surface area contributed by atoms with Crippen molar-refractivity contribution >= 4 is 21.6 Å². The maximum Gasteiger partial charge on any atom is 0.243 e. The highest BCUT2D eigenvalue weighted by molar-refractivity contribution is 7.92. The Morgan fingerprint density at radius 2 is 1.52 bits per heavy atom. The molecule has 25 heavy (non-hydrogen) atoms. The molecule has 1 rings (SSSR count). The van der Waals surface area contributed by atoms with E-state index in [0.717, 1.165) is 10.6 Å². The van der Waals surface area contributed by atoms with Crippen molar-refractivity contribution in [2.24, 2.45) is 11.8 Å². The van der Waals surface area contributed by atoms with Gasteiger partial charge in [0.25, 0.3) is 0 Å². The first kappa shape index (κ1) is 21.3. The molecule has 0 aliphatic rings. The third-order valence-electron chi connectivity index (χ3n) is 4.16. The van der Waals surface area contributed by atoms with E-state index in [4.69, 9.17) is 4.74 Å². The lowest BCUT2D eigenvalue weighted by Crippen LogP contribution is -2.52. The van der Waals surface area contributed by atoms with Crippen molar-refractivity contribution in [2.75, 3.05) is 17.7 Å². The van der Waals surface area contributed by atoms with Crippen LogP contribution in [0.3, 0.4) is 0 Å². The minimum atomic E-state index is -3.63. The quantitative estimate of drug-likeness (QED) is 0.763. The molecule has 1 amide bonds. The molecule has 0 heterocycles. The molecule has 0 aromatic heterocycles. The molecule has 0 bridgehead atoms. The van der Waals surface area contributed by atoms with Crippen LogP contribution in [0.25, 0.3) is 0 Å². The van der Waals surface area contributed by atoms with E-state index in [0.29, 0.717) is 11.4 Å². The van der Waals surface area contributed by atoms with Crippen molar-refractivity contribution in [3.8, 4) is 5.75 Å². The van der Waals surface area contributed by atoms with E-state index >= 15 is 0 Å². The lowest BCUT2D eigenvalue weighted by Gasteiger charge is -2.32. The monoisotopic (exact) mass is 370 g/mol. The van der Waals surface area contributed by atoms with Crippen molar-refractivity contribution in [3.63, 3.8) is 0 Å². The van der Waals surface area contributed by atoms with E-state index in [1.165, 1.54) is 7.11 Å². The highest BCUT2D eigenvalue weighted by Crippen LogP contribution is 2.24. The lowest BCUT2D eigenvalue weighted by molar-refractivity contribution is -0.123. The topological polar surface area (TPSA) is 75.7 Å². The third-order valence-corrected chi connectivity index (χ3v) is 5.40. The first-order valence-electron chi connectivity index (χ1n) is 8.42. The molecule has 0 aliphatic carbocycles. The Morgan fingerprint density at radius 3 is 1.88 bits per heavy atom. The molecular weight excluding hydrogens is 340 g/mol. The highest BCUT2D eigenvalue weighted by atomic mass is 32.2. The van der Waals surface area contributed by atoms with Gasteiger partial charge in [-0.3, -0.25) is 9.10 Å². The molecule has 6 nitrogen and oxygen atoms in total. The Kier molecular flexibility index (Phi) is 7.29. The second-order valence-electron chi connectivity index (χ2n) is 6.96. The normalized spacial score (nSPS) is 13.2. The molecule has 0 radical (unpaired) electrons. The number of rotatable bonds is 8. The number of methoxy groups -OCH3 is 1. The van der Waals surface area contributed by atoms with Crippen LogP contribution in [0.1, 0.15) is 34.6 Å². The number of hydrogen-bond donors (Lipinski definition) is 1. The van der Waals surface area contributed by atoms with E-state index < -0.39 is 16.1 Å². The van der Waals surface area contributed by atoms with Gasteiger partial charge in [0.05, 0.1) is 19.1 Å². The Bertz CT molecular complexity index is 661. The summed E-state index contributed by atoms with van der Waals surface area (Å²) in [6, 6.07) is 5.72. The maximum atomic E-state index is 12.7. The summed E-state index contributed by atoms with van der Waals surface area (Å²) >= 11 is 0. The highest BCUT2D eigenvalue weighted by Gasteiger charge is 2.31. The second-order valence-corrected chi connectivity index (χ2v) is 8.81. The number of nitrogens with zero attached hydrogens (tertiary/aromatic N) is 1. The smallest absolute Gasteiger partial charge is 0.243 e. The zero-order chi connectivity index (χ0) is 19.4. The predicted octanol–water partition coefficient (Wildman–Crippen LogP) is 2.65. The standard InChI is InChI=1S/C18H30N2O4S/c1-12(2)17(13(3)4)19-18(21)14(5)20(25(7,22)23)15-8-10-16(24-6)11-9-15/h8-14,17H,1-7H3,(H,19,21)/t14-/m1/s1. The second kappa shape index (κ2) is 8.56. The Balaban J connectivity index is 3.12. The molecule has 1 aromatic rings. The number of ether oxygens (including phenoxy) is 1. The average Bonchev–Trinajstić information content (AvgIpc) is 2.51. The van der Waals surface area contributed by atoms with Crippen molar-refractivity contribution in [3.05, 3.63) is 24.3 Å². The predicted molar refractivity (Wildman–Crippen MR) is 101 cm³/mol. The molecule has 7 heteroatoms. The number of carbonyl (C=O) groups is 1. The van der Waals surface area contributed by atoms with Gasteiger partial charge in [-0.2, -0.15) is 0 Å². The fourth-order valence-electron chi connectivity index (χ4n) is 2.93. The van der Waals surface area contributed by atoms with Gasteiger partial charge < -0.3 is 10.1 Å². The molecule has 0 spiro atoms. The molecule has 1 atom stereocenters. The first-order chi connectivity index (χ1) is 11.5. The van der Waals surface area contributed by atoms with Gasteiger partial charge in [-0.05, 0) is 43.0 Å². The molecule has 0 saturated carbocycles. The molecule has 0 fully saturated rings. The summed E-state index contributed by atoms with van der Waals surface area (Å²) in [5, 5.41) is 2.99. The fourth-order valence-corrected chi connectivity index (χ4v) is 4.10. The third kappa shape index (κ3) is 5.63. The number of benzene rings is 1. The van der Waals surface area contributed by atoms with Gasteiger partial charge in [-0.25, -0.2) is 8.42 Å². The van der Waals surface area contributed by atoms with Crippen molar-refractivity contribution < 1.29 is 17.9 Å². The summed E-state index contributed by atoms with van der Waals surface area (Å²) in [5.74, 6) is 0.815. The summed E-state index contributed by atoms with van der Waals surface area (Å²) in [5.41, 5.74) is 0.427. The van der Waals surface area contributed by atoms with Crippen LogP contribution in [-0.2, 0) is 14.8 Å². The van der Waals surface area contributed by atoms with E-state index in [2.05, 4.69) is 5.32 Å². The van der Waals surface area contributed by atoms with Crippen LogP contribution in [0, 0.1) is 11.8 Å². The van der Waals surface area contributed by atoms with Crippen molar-refractivity contribution in [1.82, 2.24) is 5.32 Å². The molecular formula is C18H30N2O4S. The number of amides is 1. The van der Waals surface area contributed by atoms with Gasteiger partial charge in [-0.15, -0.1) is 0 Å². The molecule has 0 unspecified atom stereocenters. The zero-order valence-electron chi connectivity index (χ0n) is 16.1. The number of hydrogen-bond acceptors (Lipinski definition) is 4. The van der Waals surface area contributed by atoms with Crippen LogP contribution >= 0.6 is 0 Å². The van der Waals surface area contributed by atoms with Crippen molar-refractivity contribution in [1.29, 1.82) is 0 Å². The van der Waals surface area contributed by atoms with E-state index in [9.17, 15) is 13.2 Å². The van der Waals surface area contributed by atoms with Gasteiger partial charge in [0.15, 0.2) is 0 Å². The lowest BCUT2D eigenvalue weighted by atomic mass is 9.93. The number of nitrogens with one attached hydrogen (secondary N) is 1. The maximum absolute atomic E-state index is 12.7. The van der Waals surface area contributed by atoms with E-state index in [1.807, 2.05) is 27.7 Å². The molecule has 0 aliphatic heterocycles. The molecule has 1 aromatic carbocycles. The number of anilines is 1. The van der Waals surface area contributed by atoms with Crippen LogP contribution in [0.2, 0.25) is 0 Å². The molecule has 142 valence electrons. The summed E-state index contributed by atoms with van der Waals surface area (Å²) in [6.07, 6.45) is 1.10. The first-order valence-corrected chi connectivity index (χ1v) is 10.3. The van der Waals surface area contributed by atoms with Gasteiger partial charge in [0.2, 0.25) is 15.9 Å². The summed E-state index contributed by atoms with van der Waals surface area (Å²) < 4.78 is 30.8. The number of sulfonamides is 1. The van der Waals surface area contributed by atoms with Crippen LogP contribution in [0.4, 0.5) is 5.69 Å². The largest absolute Gasteiger partial charge is 0.497 e. The van der Waals surface area contributed by atoms with Crippen LogP contribution in [-0.4, -0.2) is 39.8 Å². The van der Waals surface area contributed by atoms with Crippen LogP contribution in [0.5, 0.6) is 5.75 Å². The van der Waals surface area contributed by atoms with Crippen molar-refractivity contribution in [2.45, 2.75) is 46.7 Å². The number of carbonyl (C=O) groups excluding carboxylic acids is 1. The van der Waals surface area contributed by atoms with Gasteiger partial charge in [0, 0.05) is 6.04 Å². The van der Waals surface area contributed by atoms with Gasteiger partial charge in [-0.1, -0.05) is 27.7 Å². The minimum Gasteiger partial charge on any atom is -0.497 e. The SMILES string of the molecule is COc1ccc(N([C@H](C)C(=O)NC(C(C)C)C(C)C)S(C)(=O)=O)cc1. The minimum absolute atomic E-state index is 0.0211. The van der Waals surface area contributed by atoms with E-state index in [-0.39, 0.29) is 23.8 Å². The van der Waals surface area contributed by atoms with Gasteiger partial charge in [0.1, 0.15) is 11.8 Å². The van der Waals surface area contributed by atoms with Gasteiger partial charge >= 0.3 is 0 Å². The summed E-state index contributed by atoms with van der Waals surface area (Å²) in [6.45, 7) is 9.74. The Morgan fingerprint density at radius 1 is 1.04 bits per heavy atom. The summed E-state index contributed by atoms with van der Waals surface area (Å²) in [4.78, 5) is 12.7. The molecule has 0 saturated heterocycles. The Labute approximate surface area is 151 Å². The summed E-state index contributed by atoms with van der Waals surface area (Å²) in [7, 11) is -2.09. The van der Waals surface area contributed by atoms with Crippen LogP contribution in [0.15, 0.2) is 24.3 Å².